The number of benzene rings is 2. The van der Waals surface area contributed by atoms with E-state index in [4.69, 9.17) is 4.74 Å². The van der Waals surface area contributed by atoms with E-state index in [0.717, 1.165) is 15.4 Å². The highest BCUT2D eigenvalue weighted by molar-refractivity contribution is 14.1. The molecule has 1 amide bonds. The molecule has 0 radical (unpaired) electrons. The number of piperidine rings is 1. The number of ketones is 1. The summed E-state index contributed by atoms with van der Waals surface area (Å²) in [4.78, 5) is 27.0. The molecule has 2 aromatic rings. The van der Waals surface area contributed by atoms with Crippen LogP contribution in [0.3, 0.4) is 0 Å². The zero-order valence-corrected chi connectivity index (χ0v) is 21.5. The number of Topliss-reactive ketones (excluding diaryl/α,β-unsaturated/α-hetero) is 1. The topological polar surface area (TPSA) is 92.8 Å². The molecule has 0 aromatic heterocycles. The maximum Gasteiger partial charge on any atom is 0.252 e. The second-order valence-corrected chi connectivity index (χ2v) is 11.4. The van der Waals surface area contributed by atoms with Gasteiger partial charge in [0.15, 0.2) is 5.78 Å². The van der Waals surface area contributed by atoms with Gasteiger partial charge in [0.05, 0.1) is 13.4 Å². The molecule has 1 N–H and O–H groups in total. The Morgan fingerprint density at radius 2 is 1.78 bits per heavy atom. The normalized spacial score (nSPS) is 16.4. The van der Waals surface area contributed by atoms with Gasteiger partial charge in [0.25, 0.3) is 5.91 Å². The van der Waals surface area contributed by atoms with Crippen molar-refractivity contribution in [1.29, 1.82) is 0 Å². The third-order valence-corrected chi connectivity index (χ3v) is 7.81. The summed E-state index contributed by atoms with van der Waals surface area (Å²) in [5, 5.41) is 2.98. The summed E-state index contributed by atoms with van der Waals surface area (Å²) >= 11 is 2.16. The van der Waals surface area contributed by atoms with Crippen molar-refractivity contribution in [2.75, 3.05) is 26.5 Å². The first kappa shape index (κ1) is 24.7. The summed E-state index contributed by atoms with van der Waals surface area (Å²) in [6, 6.07) is 10.7. The van der Waals surface area contributed by atoms with Crippen LogP contribution in [-0.2, 0) is 10.0 Å². The maximum atomic E-state index is 13.7. The maximum absolute atomic E-state index is 13.7. The minimum absolute atomic E-state index is 0.158. The van der Waals surface area contributed by atoms with Gasteiger partial charge in [-0.05, 0) is 85.2 Å². The largest absolute Gasteiger partial charge is 0.496 e. The van der Waals surface area contributed by atoms with Crippen LogP contribution in [-0.4, -0.2) is 56.4 Å². The highest BCUT2D eigenvalue weighted by Gasteiger charge is 2.44. The zero-order chi connectivity index (χ0) is 23.7. The third kappa shape index (κ3) is 5.15. The summed E-state index contributed by atoms with van der Waals surface area (Å²) in [5.74, 6) is -0.00997. The number of nitrogens with one attached hydrogen (secondary N) is 1. The SMILES string of the molecule is COc1cccc(C(=O)NC2(C(=O)c3cc(C)cc(I)c3)CCN(S(C)(=O)=O)CC2)c1C. The molecule has 0 saturated carbocycles. The first-order chi connectivity index (χ1) is 15.0. The van der Waals surface area contributed by atoms with E-state index in [-0.39, 0.29) is 37.6 Å². The van der Waals surface area contributed by atoms with Crippen LogP contribution in [0.4, 0.5) is 0 Å². The molecule has 1 heterocycles. The van der Waals surface area contributed by atoms with Gasteiger partial charge in [-0.2, -0.15) is 0 Å². The molecule has 32 heavy (non-hydrogen) atoms. The van der Waals surface area contributed by atoms with Crippen molar-refractivity contribution < 1.29 is 22.7 Å². The molecule has 1 saturated heterocycles. The zero-order valence-electron chi connectivity index (χ0n) is 18.6. The molecule has 172 valence electrons. The van der Waals surface area contributed by atoms with E-state index in [1.54, 1.807) is 37.3 Å². The number of carbonyl (C=O) groups is 2. The van der Waals surface area contributed by atoms with E-state index in [1.807, 2.05) is 13.0 Å². The van der Waals surface area contributed by atoms with Crippen LogP contribution in [0.25, 0.3) is 0 Å². The molecular formula is C23H27IN2O5S. The number of amides is 1. The number of hydrogen-bond donors (Lipinski definition) is 1. The second-order valence-electron chi connectivity index (χ2n) is 8.18. The van der Waals surface area contributed by atoms with Crippen LogP contribution < -0.4 is 10.1 Å². The van der Waals surface area contributed by atoms with Crippen LogP contribution in [0.15, 0.2) is 36.4 Å². The van der Waals surface area contributed by atoms with E-state index in [1.165, 1.54) is 11.4 Å². The van der Waals surface area contributed by atoms with Crippen molar-refractivity contribution >= 4 is 44.3 Å². The highest BCUT2D eigenvalue weighted by atomic mass is 127. The quantitative estimate of drug-likeness (QED) is 0.425. The predicted octanol–water partition coefficient (Wildman–Crippen LogP) is 3.32. The summed E-state index contributed by atoms with van der Waals surface area (Å²) in [5.41, 5.74) is 1.34. The van der Waals surface area contributed by atoms with E-state index in [9.17, 15) is 18.0 Å². The average Bonchev–Trinajstić information content (AvgIpc) is 2.72. The molecule has 2 aromatic carbocycles. The molecule has 0 spiro atoms. The smallest absolute Gasteiger partial charge is 0.252 e. The van der Waals surface area contributed by atoms with Crippen LogP contribution in [0.2, 0.25) is 0 Å². The van der Waals surface area contributed by atoms with Crippen molar-refractivity contribution in [2.45, 2.75) is 32.2 Å². The van der Waals surface area contributed by atoms with Crippen LogP contribution in [0.5, 0.6) is 5.75 Å². The standard InChI is InChI=1S/C23H27IN2O5S/c1-15-12-17(14-18(24)13-15)21(27)23(8-10-26(11-9-23)32(4,29)30)25-22(28)19-6-5-7-20(31-3)16(19)2/h5-7,12-14H,8-11H2,1-4H3,(H,25,28). The summed E-state index contributed by atoms with van der Waals surface area (Å²) < 4.78 is 31.6. The molecule has 7 nitrogen and oxygen atoms in total. The van der Waals surface area contributed by atoms with Gasteiger partial charge in [-0.3, -0.25) is 9.59 Å². The number of sulfonamides is 1. The molecule has 0 aliphatic carbocycles. The van der Waals surface area contributed by atoms with Gasteiger partial charge in [-0.25, -0.2) is 12.7 Å². The number of ether oxygens (including phenoxy) is 1. The number of carbonyl (C=O) groups excluding carboxylic acids is 2. The molecule has 1 fully saturated rings. The summed E-state index contributed by atoms with van der Waals surface area (Å²) in [6.07, 6.45) is 1.54. The molecular weight excluding hydrogens is 543 g/mol. The van der Waals surface area contributed by atoms with Crippen LogP contribution >= 0.6 is 22.6 Å². The fourth-order valence-electron chi connectivity index (χ4n) is 4.12. The van der Waals surface area contributed by atoms with Gasteiger partial charge in [0.1, 0.15) is 11.3 Å². The molecule has 1 aliphatic heterocycles. The van der Waals surface area contributed by atoms with Crippen molar-refractivity contribution in [2.24, 2.45) is 0 Å². The lowest BCUT2D eigenvalue weighted by Gasteiger charge is -2.40. The van der Waals surface area contributed by atoms with E-state index < -0.39 is 15.6 Å². The van der Waals surface area contributed by atoms with Crippen molar-refractivity contribution in [3.05, 3.63) is 62.2 Å². The number of hydrogen-bond acceptors (Lipinski definition) is 5. The molecule has 0 bridgehead atoms. The van der Waals surface area contributed by atoms with Crippen LogP contribution in [0.1, 0.15) is 44.7 Å². The van der Waals surface area contributed by atoms with Gasteiger partial charge in [-0.1, -0.05) is 6.07 Å². The van der Waals surface area contributed by atoms with Crippen molar-refractivity contribution in [1.82, 2.24) is 9.62 Å². The third-order valence-electron chi connectivity index (χ3n) is 5.89. The lowest BCUT2D eigenvalue weighted by Crippen LogP contribution is -2.60. The monoisotopic (exact) mass is 570 g/mol. The summed E-state index contributed by atoms with van der Waals surface area (Å²) in [6.45, 7) is 4.02. The average molecular weight is 570 g/mol. The Balaban J connectivity index is 2.00. The number of nitrogens with zero attached hydrogens (tertiary/aromatic N) is 1. The molecule has 9 heteroatoms. The molecule has 3 rings (SSSR count). The second kappa shape index (κ2) is 9.48. The number of methoxy groups -OCH3 is 1. The Morgan fingerprint density at radius 1 is 1.12 bits per heavy atom. The first-order valence-electron chi connectivity index (χ1n) is 10.2. The Labute approximate surface area is 202 Å². The Morgan fingerprint density at radius 3 is 2.34 bits per heavy atom. The molecule has 1 aliphatic rings. The van der Waals surface area contributed by atoms with Gasteiger partial charge >= 0.3 is 0 Å². The minimum Gasteiger partial charge on any atom is -0.496 e. The van der Waals surface area contributed by atoms with Crippen LogP contribution in [0, 0.1) is 17.4 Å². The number of rotatable bonds is 6. The molecule has 0 atom stereocenters. The predicted molar refractivity (Wildman–Crippen MR) is 132 cm³/mol. The lowest BCUT2D eigenvalue weighted by molar-refractivity contribution is 0.0692. The van der Waals surface area contributed by atoms with Crippen molar-refractivity contribution in [3.63, 3.8) is 0 Å². The van der Waals surface area contributed by atoms with E-state index >= 15 is 0 Å². The number of halogens is 1. The van der Waals surface area contributed by atoms with Crippen molar-refractivity contribution in [3.8, 4) is 5.75 Å². The van der Waals surface area contributed by atoms with Gasteiger partial charge in [0.2, 0.25) is 10.0 Å². The molecule has 0 unspecified atom stereocenters. The fraction of sp³-hybridized carbons (Fsp3) is 0.391. The summed E-state index contributed by atoms with van der Waals surface area (Å²) in [7, 11) is -1.85. The minimum atomic E-state index is -3.38. The lowest BCUT2D eigenvalue weighted by atomic mass is 9.80. The van der Waals surface area contributed by atoms with Gasteiger partial charge < -0.3 is 10.1 Å². The van der Waals surface area contributed by atoms with Gasteiger partial charge in [0, 0.05) is 33.4 Å². The fourth-order valence-corrected chi connectivity index (χ4v) is 5.79. The number of aryl methyl sites for hydroxylation is 1. The first-order valence-corrected chi connectivity index (χ1v) is 13.1. The highest BCUT2D eigenvalue weighted by Crippen LogP contribution is 2.30. The Bertz CT molecular complexity index is 1130. The van der Waals surface area contributed by atoms with Gasteiger partial charge in [-0.15, -0.1) is 0 Å². The Kier molecular flexibility index (Phi) is 7.31. The van der Waals surface area contributed by atoms with E-state index in [2.05, 4.69) is 27.9 Å². The Hall–Kier alpha value is -1.98. The van der Waals surface area contributed by atoms with E-state index in [0.29, 0.717) is 22.4 Å².